The molecule has 0 unspecified atom stereocenters. The lowest BCUT2D eigenvalue weighted by Gasteiger charge is -2.34. The van der Waals surface area contributed by atoms with Gasteiger partial charge in [-0.1, -0.05) is 17.7 Å². The van der Waals surface area contributed by atoms with Crippen molar-refractivity contribution in [2.75, 3.05) is 31.6 Å². The Bertz CT molecular complexity index is 636. The Morgan fingerprint density at radius 1 is 1.12 bits per heavy atom. The van der Waals surface area contributed by atoms with Gasteiger partial charge in [-0.15, -0.1) is 0 Å². The zero-order valence-corrected chi connectivity index (χ0v) is 15.3. The Morgan fingerprint density at radius 3 is 2.48 bits per heavy atom. The predicted molar refractivity (Wildman–Crippen MR) is 97.7 cm³/mol. The average molecular weight is 365 g/mol. The molecule has 0 aliphatic carbocycles. The molecule has 0 bridgehead atoms. The summed E-state index contributed by atoms with van der Waals surface area (Å²) in [6.07, 6.45) is 3.04. The topological polar surface area (TPSA) is 58.6 Å². The van der Waals surface area contributed by atoms with E-state index in [1.54, 1.807) is 0 Å². The molecule has 2 saturated heterocycles. The van der Waals surface area contributed by atoms with Crippen molar-refractivity contribution in [2.45, 2.75) is 32.6 Å². The van der Waals surface area contributed by atoms with Crippen LogP contribution in [0.1, 0.15) is 31.2 Å². The molecule has 2 aliphatic heterocycles. The van der Waals surface area contributed by atoms with Crippen LogP contribution in [0.25, 0.3) is 0 Å². The summed E-state index contributed by atoms with van der Waals surface area (Å²) in [5, 5.41) is 3.63. The van der Waals surface area contributed by atoms with Crippen LogP contribution in [0.15, 0.2) is 18.2 Å². The van der Waals surface area contributed by atoms with Gasteiger partial charge in [0.15, 0.2) is 0 Å². The number of hydrogen-bond acceptors (Lipinski definition) is 3. The molecule has 0 spiro atoms. The van der Waals surface area contributed by atoms with Gasteiger partial charge in [-0.2, -0.15) is 0 Å². The molecule has 0 atom stereocenters. The lowest BCUT2D eigenvalue weighted by molar-refractivity contribution is -0.141. The van der Waals surface area contributed by atoms with Gasteiger partial charge in [0.1, 0.15) is 0 Å². The Balaban J connectivity index is 1.52. The largest absolute Gasteiger partial charge is 0.381 e. The van der Waals surface area contributed by atoms with Gasteiger partial charge in [0, 0.05) is 48.8 Å². The van der Waals surface area contributed by atoms with Crippen LogP contribution in [0.2, 0.25) is 5.02 Å². The van der Waals surface area contributed by atoms with Crippen molar-refractivity contribution in [3.63, 3.8) is 0 Å². The van der Waals surface area contributed by atoms with E-state index in [9.17, 15) is 9.59 Å². The summed E-state index contributed by atoms with van der Waals surface area (Å²) in [7, 11) is 0. The van der Waals surface area contributed by atoms with Gasteiger partial charge in [0.25, 0.3) is 0 Å². The third-order valence-corrected chi connectivity index (χ3v) is 5.68. The summed E-state index contributed by atoms with van der Waals surface area (Å²) in [5.74, 6) is 0.279. The third kappa shape index (κ3) is 4.33. The number of hydrogen-bond donors (Lipinski definition) is 1. The molecule has 2 aliphatic rings. The zero-order valence-electron chi connectivity index (χ0n) is 14.6. The molecule has 0 aromatic heterocycles. The standard InChI is InChI=1S/C19H25ClN2O3/c1-13-16(20)3-2-4-17(13)21-18(23)14-5-9-22(10-6-14)19(24)15-7-11-25-12-8-15/h2-4,14-15H,5-12H2,1H3,(H,21,23). The number of piperidine rings is 1. The van der Waals surface area contributed by atoms with Crippen molar-refractivity contribution >= 4 is 29.1 Å². The summed E-state index contributed by atoms with van der Waals surface area (Å²) >= 11 is 6.11. The highest BCUT2D eigenvalue weighted by molar-refractivity contribution is 6.31. The molecule has 136 valence electrons. The summed E-state index contributed by atoms with van der Waals surface area (Å²) in [4.78, 5) is 27.0. The minimum absolute atomic E-state index is 0.0172. The van der Waals surface area contributed by atoms with Gasteiger partial charge in [-0.25, -0.2) is 0 Å². The summed E-state index contributed by atoms with van der Waals surface area (Å²) in [5.41, 5.74) is 1.64. The van der Waals surface area contributed by atoms with E-state index in [1.165, 1.54) is 0 Å². The smallest absolute Gasteiger partial charge is 0.227 e. The van der Waals surface area contributed by atoms with Crippen molar-refractivity contribution in [1.82, 2.24) is 4.90 Å². The van der Waals surface area contributed by atoms with Crippen molar-refractivity contribution in [3.8, 4) is 0 Å². The van der Waals surface area contributed by atoms with E-state index in [4.69, 9.17) is 16.3 Å². The minimum Gasteiger partial charge on any atom is -0.381 e. The second kappa shape index (κ2) is 8.19. The maximum Gasteiger partial charge on any atom is 0.227 e. The predicted octanol–water partition coefficient (Wildman–Crippen LogP) is 3.25. The second-order valence-electron chi connectivity index (χ2n) is 6.89. The zero-order chi connectivity index (χ0) is 17.8. The van der Waals surface area contributed by atoms with Crippen LogP contribution >= 0.6 is 11.6 Å². The fraction of sp³-hybridized carbons (Fsp3) is 0.579. The molecule has 6 heteroatoms. The highest BCUT2D eigenvalue weighted by atomic mass is 35.5. The normalized spacial score (nSPS) is 19.7. The number of amides is 2. The maximum absolute atomic E-state index is 12.6. The third-order valence-electron chi connectivity index (χ3n) is 5.27. The molecule has 25 heavy (non-hydrogen) atoms. The minimum atomic E-state index is -0.0582. The summed E-state index contributed by atoms with van der Waals surface area (Å²) < 4.78 is 5.33. The fourth-order valence-corrected chi connectivity index (χ4v) is 3.72. The Hall–Kier alpha value is -1.59. The quantitative estimate of drug-likeness (QED) is 0.895. The Morgan fingerprint density at radius 2 is 1.80 bits per heavy atom. The Kier molecular flexibility index (Phi) is 5.97. The van der Waals surface area contributed by atoms with Crippen molar-refractivity contribution in [2.24, 2.45) is 11.8 Å². The maximum atomic E-state index is 12.6. The van der Waals surface area contributed by atoms with Crippen LogP contribution in [0, 0.1) is 18.8 Å². The number of nitrogens with zero attached hydrogens (tertiary/aromatic N) is 1. The highest BCUT2D eigenvalue weighted by Gasteiger charge is 2.31. The number of anilines is 1. The molecule has 5 nitrogen and oxygen atoms in total. The van der Waals surface area contributed by atoms with Crippen LogP contribution in [-0.2, 0) is 14.3 Å². The average Bonchev–Trinajstić information content (AvgIpc) is 2.65. The molecule has 2 heterocycles. The molecular weight excluding hydrogens is 340 g/mol. The number of rotatable bonds is 3. The number of nitrogens with one attached hydrogen (secondary N) is 1. The van der Waals surface area contributed by atoms with Crippen LogP contribution in [0.3, 0.4) is 0 Å². The van der Waals surface area contributed by atoms with Crippen molar-refractivity contribution in [1.29, 1.82) is 0 Å². The van der Waals surface area contributed by atoms with Crippen molar-refractivity contribution in [3.05, 3.63) is 28.8 Å². The molecule has 3 rings (SSSR count). The van der Waals surface area contributed by atoms with Gasteiger partial charge < -0.3 is 15.0 Å². The Labute approximate surface area is 153 Å². The molecule has 1 N–H and O–H groups in total. The van der Waals surface area contributed by atoms with E-state index in [1.807, 2.05) is 30.0 Å². The fourth-order valence-electron chi connectivity index (χ4n) is 3.54. The summed E-state index contributed by atoms with van der Waals surface area (Å²) in [6, 6.07) is 5.51. The lowest BCUT2D eigenvalue weighted by Crippen LogP contribution is -2.45. The number of carbonyl (C=O) groups excluding carboxylic acids is 2. The highest BCUT2D eigenvalue weighted by Crippen LogP contribution is 2.26. The molecular formula is C19H25ClN2O3. The van der Waals surface area contributed by atoms with Crippen LogP contribution in [0.5, 0.6) is 0 Å². The number of halogens is 1. The lowest BCUT2D eigenvalue weighted by atomic mass is 9.93. The van der Waals surface area contributed by atoms with Crippen LogP contribution in [-0.4, -0.2) is 43.0 Å². The molecule has 1 aromatic rings. The first-order chi connectivity index (χ1) is 12.1. The number of ether oxygens (including phenoxy) is 1. The van der Waals surface area contributed by atoms with E-state index < -0.39 is 0 Å². The first-order valence-electron chi connectivity index (χ1n) is 8.99. The molecule has 0 saturated carbocycles. The van der Waals surface area contributed by atoms with Gasteiger partial charge >= 0.3 is 0 Å². The second-order valence-corrected chi connectivity index (χ2v) is 7.30. The van der Waals surface area contributed by atoms with Gasteiger partial charge in [0.2, 0.25) is 11.8 Å². The van der Waals surface area contributed by atoms with E-state index in [0.29, 0.717) is 44.2 Å². The van der Waals surface area contributed by atoms with Crippen LogP contribution in [0.4, 0.5) is 5.69 Å². The molecule has 2 amide bonds. The van der Waals surface area contributed by atoms with E-state index in [2.05, 4.69) is 5.32 Å². The molecule has 0 radical (unpaired) electrons. The van der Waals surface area contributed by atoms with E-state index in [-0.39, 0.29) is 23.7 Å². The number of benzene rings is 1. The first kappa shape index (κ1) is 18.2. The van der Waals surface area contributed by atoms with Gasteiger partial charge in [0.05, 0.1) is 0 Å². The molecule has 1 aromatic carbocycles. The van der Waals surface area contributed by atoms with Gasteiger partial charge in [-0.05, 0) is 50.3 Å². The van der Waals surface area contributed by atoms with Crippen LogP contribution < -0.4 is 5.32 Å². The van der Waals surface area contributed by atoms with E-state index >= 15 is 0 Å². The SMILES string of the molecule is Cc1c(Cl)cccc1NC(=O)C1CCN(C(=O)C2CCOCC2)CC1. The van der Waals surface area contributed by atoms with E-state index in [0.717, 1.165) is 24.1 Å². The monoisotopic (exact) mass is 364 g/mol. The van der Waals surface area contributed by atoms with Gasteiger partial charge in [-0.3, -0.25) is 9.59 Å². The van der Waals surface area contributed by atoms with Crippen molar-refractivity contribution < 1.29 is 14.3 Å². The number of likely N-dealkylation sites (tertiary alicyclic amines) is 1. The number of carbonyl (C=O) groups is 2. The molecule has 2 fully saturated rings. The first-order valence-corrected chi connectivity index (χ1v) is 9.36. The summed E-state index contributed by atoms with van der Waals surface area (Å²) in [6.45, 7) is 4.56.